The summed E-state index contributed by atoms with van der Waals surface area (Å²) in [6.45, 7) is 9.43. The third-order valence-electron chi connectivity index (χ3n) is 3.50. The van der Waals surface area contributed by atoms with Crippen molar-refractivity contribution < 1.29 is 0 Å². The summed E-state index contributed by atoms with van der Waals surface area (Å²) in [4.78, 5) is 0. The summed E-state index contributed by atoms with van der Waals surface area (Å²) >= 11 is 2.09. The SMILES string of the molecule is CC(C)(Cc1ccccc1)SC(C)(C)Cc1ccccc1. The molecule has 2 aromatic rings. The van der Waals surface area contributed by atoms with E-state index in [4.69, 9.17) is 0 Å². The molecule has 0 heterocycles. The number of hydrogen-bond acceptors (Lipinski definition) is 1. The molecule has 0 saturated carbocycles. The van der Waals surface area contributed by atoms with Gasteiger partial charge in [-0.3, -0.25) is 0 Å². The van der Waals surface area contributed by atoms with Crippen molar-refractivity contribution in [3.05, 3.63) is 71.8 Å². The Morgan fingerprint density at radius 1 is 0.619 bits per heavy atom. The molecule has 0 aromatic heterocycles. The maximum Gasteiger partial charge on any atom is 0.0149 e. The molecule has 0 nitrogen and oxygen atoms in total. The average molecular weight is 298 g/mol. The molecule has 0 amide bonds. The summed E-state index contributed by atoms with van der Waals surface area (Å²) in [5, 5.41) is 0. The first-order chi connectivity index (χ1) is 9.86. The predicted octanol–water partition coefficient (Wildman–Crippen LogP) is 5.76. The van der Waals surface area contributed by atoms with E-state index in [1.54, 1.807) is 0 Å². The molecule has 0 aliphatic rings. The van der Waals surface area contributed by atoms with E-state index in [2.05, 4.69) is 100 Å². The Bertz CT molecular complexity index is 489. The summed E-state index contributed by atoms with van der Waals surface area (Å²) in [6, 6.07) is 21.6. The van der Waals surface area contributed by atoms with E-state index in [1.807, 2.05) is 0 Å². The monoisotopic (exact) mass is 298 g/mol. The molecule has 0 bridgehead atoms. The summed E-state index contributed by atoms with van der Waals surface area (Å²) in [5.74, 6) is 0. The molecule has 0 N–H and O–H groups in total. The lowest BCUT2D eigenvalue weighted by atomic mass is 10.0. The minimum absolute atomic E-state index is 0.236. The molecule has 0 unspecified atom stereocenters. The average Bonchev–Trinajstić information content (AvgIpc) is 2.38. The fraction of sp³-hybridized carbons (Fsp3) is 0.400. The van der Waals surface area contributed by atoms with E-state index < -0.39 is 0 Å². The zero-order chi connectivity index (χ0) is 15.3. The lowest BCUT2D eigenvalue weighted by Crippen LogP contribution is -2.29. The fourth-order valence-electron chi connectivity index (χ4n) is 3.00. The molecular formula is C20H26S. The van der Waals surface area contributed by atoms with E-state index in [9.17, 15) is 0 Å². The Kier molecular flexibility index (Phi) is 5.16. The van der Waals surface area contributed by atoms with Crippen molar-refractivity contribution in [2.75, 3.05) is 0 Å². The highest BCUT2D eigenvalue weighted by molar-refractivity contribution is 8.01. The van der Waals surface area contributed by atoms with Crippen LogP contribution in [-0.2, 0) is 12.8 Å². The molecule has 0 radical (unpaired) electrons. The third-order valence-corrected chi connectivity index (χ3v) is 4.89. The molecule has 21 heavy (non-hydrogen) atoms. The largest absolute Gasteiger partial charge is 0.149 e. The van der Waals surface area contributed by atoms with Crippen LogP contribution >= 0.6 is 11.8 Å². The van der Waals surface area contributed by atoms with Crippen LogP contribution in [0.1, 0.15) is 38.8 Å². The fourth-order valence-corrected chi connectivity index (χ4v) is 4.97. The third kappa shape index (κ3) is 5.59. The van der Waals surface area contributed by atoms with Gasteiger partial charge in [0, 0.05) is 9.49 Å². The molecule has 0 aliphatic heterocycles. The highest BCUT2D eigenvalue weighted by Gasteiger charge is 2.29. The normalized spacial score (nSPS) is 12.4. The van der Waals surface area contributed by atoms with Gasteiger partial charge in [0.15, 0.2) is 0 Å². The second-order valence-electron chi connectivity index (χ2n) is 6.95. The molecule has 0 aliphatic carbocycles. The smallest absolute Gasteiger partial charge is 0.0149 e. The number of thioether (sulfide) groups is 1. The van der Waals surface area contributed by atoms with Gasteiger partial charge in [0.05, 0.1) is 0 Å². The highest BCUT2D eigenvalue weighted by atomic mass is 32.2. The van der Waals surface area contributed by atoms with Gasteiger partial charge < -0.3 is 0 Å². The van der Waals surface area contributed by atoms with Crippen LogP contribution in [-0.4, -0.2) is 9.49 Å². The van der Waals surface area contributed by atoms with Gasteiger partial charge in [-0.1, -0.05) is 88.4 Å². The molecule has 0 spiro atoms. The molecule has 0 saturated heterocycles. The van der Waals surface area contributed by atoms with Gasteiger partial charge in [0.2, 0.25) is 0 Å². The molecule has 2 rings (SSSR count). The Balaban J connectivity index is 2.01. The van der Waals surface area contributed by atoms with E-state index in [0.717, 1.165) is 12.8 Å². The van der Waals surface area contributed by atoms with Gasteiger partial charge in [0.25, 0.3) is 0 Å². The topological polar surface area (TPSA) is 0 Å². The zero-order valence-electron chi connectivity index (χ0n) is 13.6. The minimum Gasteiger partial charge on any atom is -0.149 e. The lowest BCUT2D eigenvalue weighted by molar-refractivity contribution is 0.652. The predicted molar refractivity (Wildman–Crippen MR) is 96.0 cm³/mol. The molecule has 0 atom stereocenters. The number of benzene rings is 2. The number of rotatable bonds is 6. The van der Waals surface area contributed by atoms with Crippen LogP contribution in [0.25, 0.3) is 0 Å². The van der Waals surface area contributed by atoms with Crippen LogP contribution in [0.4, 0.5) is 0 Å². The molecule has 1 heteroatoms. The van der Waals surface area contributed by atoms with Crippen molar-refractivity contribution in [2.45, 2.75) is 50.0 Å². The van der Waals surface area contributed by atoms with E-state index in [0.29, 0.717) is 0 Å². The number of hydrogen-bond donors (Lipinski definition) is 0. The van der Waals surface area contributed by atoms with Crippen molar-refractivity contribution in [3.63, 3.8) is 0 Å². The van der Waals surface area contributed by atoms with Crippen LogP contribution in [0.2, 0.25) is 0 Å². The van der Waals surface area contributed by atoms with Crippen molar-refractivity contribution in [1.29, 1.82) is 0 Å². The minimum atomic E-state index is 0.236. The quantitative estimate of drug-likeness (QED) is 0.653. The van der Waals surface area contributed by atoms with Gasteiger partial charge in [-0.15, -0.1) is 11.8 Å². The summed E-state index contributed by atoms with van der Waals surface area (Å²) in [7, 11) is 0. The van der Waals surface area contributed by atoms with Crippen LogP contribution in [0, 0.1) is 0 Å². The zero-order valence-corrected chi connectivity index (χ0v) is 14.4. The first-order valence-corrected chi connectivity index (χ1v) is 8.46. The van der Waals surface area contributed by atoms with Gasteiger partial charge in [-0.2, -0.15) is 0 Å². The maximum absolute atomic E-state index is 2.36. The molecule has 112 valence electrons. The lowest BCUT2D eigenvalue weighted by Gasteiger charge is -2.35. The van der Waals surface area contributed by atoms with Gasteiger partial charge in [-0.05, 0) is 24.0 Å². The van der Waals surface area contributed by atoms with E-state index in [1.165, 1.54) is 11.1 Å². The standard InChI is InChI=1S/C20H26S/c1-19(2,15-17-11-7-5-8-12-17)21-20(3,4)16-18-13-9-6-10-14-18/h5-14H,15-16H2,1-4H3. The van der Waals surface area contributed by atoms with Gasteiger partial charge >= 0.3 is 0 Å². The molecule has 0 fully saturated rings. The van der Waals surface area contributed by atoms with Crippen molar-refractivity contribution in [2.24, 2.45) is 0 Å². The summed E-state index contributed by atoms with van der Waals surface area (Å²) < 4.78 is 0.471. The van der Waals surface area contributed by atoms with Crippen LogP contribution in [0.5, 0.6) is 0 Å². The second kappa shape index (κ2) is 6.70. The first-order valence-electron chi connectivity index (χ1n) is 7.64. The Labute approximate surface area is 134 Å². The van der Waals surface area contributed by atoms with Crippen LogP contribution in [0.15, 0.2) is 60.7 Å². The summed E-state index contributed by atoms with van der Waals surface area (Å²) in [5.41, 5.74) is 2.84. The van der Waals surface area contributed by atoms with Crippen LogP contribution in [0.3, 0.4) is 0 Å². The van der Waals surface area contributed by atoms with Crippen molar-refractivity contribution in [3.8, 4) is 0 Å². The first kappa shape index (κ1) is 16.2. The van der Waals surface area contributed by atoms with Crippen LogP contribution < -0.4 is 0 Å². The Morgan fingerprint density at radius 2 is 0.952 bits per heavy atom. The van der Waals surface area contributed by atoms with Crippen molar-refractivity contribution >= 4 is 11.8 Å². The second-order valence-corrected chi connectivity index (χ2v) is 9.36. The van der Waals surface area contributed by atoms with Crippen molar-refractivity contribution in [1.82, 2.24) is 0 Å². The van der Waals surface area contributed by atoms with Gasteiger partial charge in [-0.25, -0.2) is 0 Å². The molecular weight excluding hydrogens is 272 g/mol. The van der Waals surface area contributed by atoms with Gasteiger partial charge in [0.1, 0.15) is 0 Å². The maximum atomic E-state index is 2.36. The molecule has 2 aromatic carbocycles. The Hall–Kier alpha value is -1.21. The van der Waals surface area contributed by atoms with E-state index in [-0.39, 0.29) is 9.49 Å². The highest BCUT2D eigenvalue weighted by Crippen LogP contribution is 2.40. The Morgan fingerprint density at radius 3 is 1.29 bits per heavy atom. The van der Waals surface area contributed by atoms with E-state index >= 15 is 0 Å². The summed E-state index contributed by atoms with van der Waals surface area (Å²) in [6.07, 6.45) is 2.22.